The first-order valence-corrected chi connectivity index (χ1v) is 9.98. The zero-order valence-corrected chi connectivity index (χ0v) is 15.9. The summed E-state index contributed by atoms with van der Waals surface area (Å²) in [7, 11) is 0. The first-order chi connectivity index (χ1) is 12.6. The Morgan fingerprint density at radius 2 is 1.81 bits per heavy atom. The second kappa shape index (κ2) is 10.5. The van der Waals surface area contributed by atoms with Crippen molar-refractivity contribution in [1.82, 2.24) is 14.7 Å². The van der Waals surface area contributed by atoms with E-state index in [1.165, 1.54) is 38.8 Å². The Hall–Kier alpha value is -1.63. The molecule has 0 aromatic carbocycles. The molecule has 0 aromatic rings. The molecule has 0 radical (unpaired) electrons. The average molecular weight is 367 g/mol. The van der Waals surface area contributed by atoms with Gasteiger partial charge in [-0.15, -0.1) is 0 Å². The molecule has 7 heteroatoms. The zero-order valence-electron chi connectivity index (χ0n) is 15.9. The van der Waals surface area contributed by atoms with Crippen molar-refractivity contribution in [2.75, 3.05) is 32.7 Å². The lowest BCUT2D eigenvalue weighted by molar-refractivity contribution is -0.152. The fourth-order valence-corrected chi connectivity index (χ4v) is 4.35. The van der Waals surface area contributed by atoms with Gasteiger partial charge in [-0.2, -0.15) is 0 Å². The summed E-state index contributed by atoms with van der Waals surface area (Å²) in [5.74, 6) is 0.326. The molecule has 0 aromatic heterocycles. The minimum Gasteiger partial charge on any atom is -0.483 e. The summed E-state index contributed by atoms with van der Waals surface area (Å²) in [6.45, 7) is 6.66. The molecule has 3 heterocycles. The lowest BCUT2D eigenvalue weighted by atomic mass is 10.1. The number of hydrogen-bond donors (Lipinski definition) is 1. The maximum Gasteiger partial charge on any atom is 0.290 e. The third-order valence-electron chi connectivity index (χ3n) is 5.78. The van der Waals surface area contributed by atoms with Gasteiger partial charge in [-0.1, -0.05) is 12.8 Å². The second-order valence-electron chi connectivity index (χ2n) is 7.51. The average Bonchev–Trinajstić information content (AvgIpc) is 2.94. The SMILES string of the molecule is C[C@H]1C(=O)N2CCC[C@@H]2CN1C(=O)CCCN1CCCCCC1.O=CO. The number of hydrogen-bond acceptors (Lipinski definition) is 4. The highest BCUT2D eigenvalue weighted by Crippen LogP contribution is 2.26. The number of likely N-dealkylation sites (tertiary alicyclic amines) is 1. The summed E-state index contributed by atoms with van der Waals surface area (Å²) in [5.41, 5.74) is 0. The monoisotopic (exact) mass is 367 g/mol. The van der Waals surface area contributed by atoms with Gasteiger partial charge in [0.25, 0.3) is 6.47 Å². The highest BCUT2D eigenvalue weighted by Gasteiger charge is 2.41. The molecule has 3 fully saturated rings. The van der Waals surface area contributed by atoms with Crippen LogP contribution in [0.15, 0.2) is 0 Å². The number of fused-ring (bicyclic) bond motifs is 1. The normalized spacial score (nSPS) is 26.6. The van der Waals surface area contributed by atoms with Gasteiger partial charge in [0, 0.05) is 25.6 Å². The molecule has 7 nitrogen and oxygen atoms in total. The van der Waals surface area contributed by atoms with Crippen LogP contribution in [0.3, 0.4) is 0 Å². The molecule has 0 spiro atoms. The van der Waals surface area contributed by atoms with Gasteiger partial charge in [0.1, 0.15) is 6.04 Å². The second-order valence-corrected chi connectivity index (χ2v) is 7.51. The fourth-order valence-electron chi connectivity index (χ4n) is 4.35. The Kier molecular flexibility index (Phi) is 8.35. The Morgan fingerprint density at radius 3 is 2.46 bits per heavy atom. The van der Waals surface area contributed by atoms with E-state index in [1.54, 1.807) is 0 Å². The topological polar surface area (TPSA) is 81.2 Å². The molecule has 2 amide bonds. The van der Waals surface area contributed by atoms with Gasteiger partial charge in [-0.25, -0.2) is 0 Å². The highest BCUT2D eigenvalue weighted by molar-refractivity contribution is 5.89. The van der Waals surface area contributed by atoms with Crippen LogP contribution < -0.4 is 0 Å². The van der Waals surface area contributed by atoms with Gasteiger partial charge in [0.15, 0.2) is 0 Å². The molecule has 0 bridgehead atoms. The first-order valence-electron chi connectivity index (χ1n) is 9.98. The molecule has 3 aliphatic rings. The third kappa shape index (κ3) is 5.43. The van der Waals surface area contributed by atoms with Crippen LogP contribution in [0.1, 0.15) is 58.3 Å². The van der Waals surface area contributed by atoms with Crippen LogP contribution in [0.5, 0.6) is 0 Å². The van der Waals surface area contributed by atoms with Crippen LogP contribution in [-0.2, 0) is 14.4 Å². The minimum absolute atomic E-state index is 0.152. The molecule has 3 aliphatic heterocycles. The Bertz CT molecular complexity index is 477. The summed E-state index contributed by atoms with van der Waals surface area (Å²) in [6.07, 6.45) is 8.93. The fraction of sp³-hybridized carbons (Fsp3) is 0.842. The number of carbonyl (C=O) groups excluding carboxylic acids is 2. The van der Waals surface area contributed by atoms with Crippen LogP contribution in [0.2, 0.25) is 0 Å². The van der Waals surface area contributed by atoms with Crippen molar-refractivity contribution in [2.45, 2.75) is 70.4 Å². The van der Waals surface area contributed by atoms with Crippen LogP contribution in [0.4, 0.5) is 0 Å². The Balaban J connectivity index is 0.000000758. The van der Waals surface area contributed by atoms with Gasteiger partial charge in [0.05, 0.1) is 0 Å². The largest absolute Gasteiger partial charge is 0.483 e. The Morgan fingerprint density at radius 1 is 1.15 bits per heavy atom. The molecule has 0 unspecified atom stereocenters. The predicted molar refractivity (Wildman–Crippen MR) is 98.7 cm³/mol. The maximum absolute atomic E-state index is 12.6. The predicted octanol–water partition coefficient (Wildman–Crippen LogP) is 1.57. The van der Waals surface area contributed by atoms with E-state index in [2.05, 4.69) is 4.90 Å². The van der Waals surface area contributed by atoms with Gasteiger partial charge >= 0.3 is 0 Å². The van der Waals surface area contributed by atoms with Crippen molar-refractivity contribution < 1.29 is 19.5 Å². The molecule has 148 valence electrons. The van der Waals surface area contributed by atoms with Gasteiger partial charge in [0.2, 0.25) is 11.8 Å². The minimum atomic E-state index is -0.268. The molecule has 3 rings (SSSR count). The zero-order chi connectivity index (χ0) is 18.9. The molecule has 0 aliphatic carbocycles. The van der Waals surface area contributed by atoms with Gasteiger partial charge in [-0.05, 0) is 58.7 Å². The van der Waals surface area contributed by atoms with Crippen molar-refractivity contribution in [2.24, 2.45) is 0 Å². The van der Waals surface area contributed by atoms with Gasteiger partial charge in [-0.3, -0.25) is 14.4 Å². The van der Waals surface area contributed by atoms with E-state index in [0.29, 0.717) is 6.42 Å². The number of nitrogens with zero attached hydrogens (tertiary/aromatic N) is 3. The maximum atomic E-state index is 12.6. The van der Waals surface area contributed by atoms with E-state index >= 15 is 0 Å². The van der Waals surface area contributed by atoms with E-state index < -0.39 is 0 Å². The van der Waals surface area contributed by atoms with Crippen LogP contribution in [0, 0.1) is 0 Å². The summed E-state index contributed by atoms with van der Waals surface area (Å²) in [6, 6.07) is 0.00305. The lowest BCUT2D eigenvalue weighted by Crippen LogP contribution is -2.60. The molecular weight excluding hydrogens is 334 g/mol. The molecule has 3 saturated heterocycles. The van der Waals surface area contributed by atoms with E-state index in [0.717, 1.165) is 38.9 Å². The number of amides is 2. The molecular formula is C19H33N3O4. The quantitative estimate of drug-likeness (QED) is 0.763. The van der Waals surface area contributed by atoms with Crippen LogP contribution in [-0.4, -0.2) is 82.9 Å². The van der Waals surface area contributed by atoms with E-state index in [-0.39, 0.29) is 30.4 Å². The molecule has 1 N–H and O–H groups in total. The van der Waals surface area contributed by atoms with Gasteiger partial charge < -0.3 is 19.8 Å². The van der Waals surface area contributed by atoms with Crippen molar-refractivity contribution in [3.05, 3.63) is 0 Å². The molecule has 2 atom stereocenters. The van der Waals surface area contributed by atoms with Crippen molar-refractivity contribution >= 4 is 18.3 Å². The van der Waals surface area contributed by atoms with Crippen molar-refractivity contribution in [3.63, 3.8) is 0 Å². The smallest absolute Gasteiger partial charge is 0.290 e. The standard InChI is InChI=1S/C18H31N3O2.CH2O2/c1-15-18(23)20-13-6-8-16(20)14-21(15)17(22)9-7-12-19-10-4-2-3-5-11-19;2-1-3/h15-16H,2-14H2,1H3;1H,(H,2,3)/t15-,16+;/m0./s1. The first kappa shape index (κ1) is 20.7. The third-order valence-corrected chi connectivity index (χ3v) is 5.78. The van der Waals surface area contributed by atoms with E-state index in [9.17, 15) is 9.59 Å². The number of piperazine rings is 1. The summed E-state index contributed by atoms with van der Waals surface area (Å²) in [5, 5.41) is 6.89. The van der Waals surface area contributed by atoms with E-state index in [1.807, 2.05) is 16.7 Å². The molecule has 26 heavy (non-hydrogen) atoms. The summed E-state index contributed by atoms with van der Waals surface area (Å²) < 4.78 is 0. The van der Waals surface area contributed by atoms with Crippen molar-refractivity contribution in [3.8, 4) is 0 Å². The Labute approximate surface area is 156 Å². The van der Waals surface area contributed by atoms with Crippen molar-refractivity contribution in [1.29, 1.82) is 0 Å². The number of rotatable bonds is 4. The summed E-state index contributed by atoms with van der Waals surface area (Å²) in [4.78, 5) is 39.7. The van der Waals surface area contributed by atoms with Crippen LogP contribution >= 0.6 is 0 Å². The highest BCUT2D eigenvalue weighted by atomic mass is 16.3. The molecule has 0 saturated carbocycles. The number of carboxylic acid groups (broad SMARTS) is 1. The van der Waals surface area contributed by atoms with E-state index in [4.69, 9.17) is 9.90 Å². The number of carbonyl (C=O) groups is 3. The lowest BCUT2D eigenvalue weighted by Gasteiger charge is -2.41. The van der Waals surface area contributed by atoms with Crippen LogP contribution in [0.25, 0.3) is 0 Å². The summed E-state index contributed by atoms with van der Waals surface area (Å²) >= 11 is 0.